The fourth-order valence-corrected chi connectivity index (χ4v) is 5.75. The topological polar surface area (TPSA) is 0 Å². The average Bonchev–Trinajstić information content (AvgIpc) is 2.84. The Labute approximate surface area is 203 Å². The third-order valence-corrected chi connectivity index (χ3v) is 7.59. The van der Waals surface area contributed by atoms with Crippen molar-refractivity contribution in [3.8, 4) is 22.3 Å². The normalized spacial score (nSPS) is 11.4. The van der Waals surface area contributed by atoms with Crippen molar-refractivity contribution in [2.24, 2.45) is 0 Å². The summed E-state index contributed by atoms with van der Waals surface area (Å²) in [7, 11) is 0. The highest BCUT2D eigenvalue weighted by atomic mass is 79.9. The van der Waals surface area contributed by atoms with Crippen molar-refractivity contribution in [2.45, 2.75) is 0 Å². The Balaban J connectivity index is 1.82. The molecule has 0 saturated carbocycles. The fourth-order valence-electron chi connectivity index (χ4n) is 4.76. The van der Waals surface area contributed by atoms with Crippen molar-refractivity contribution in [1.82, 2.24) is 0 Å². The highest BCUT2D eigenvalue weighted by Gasteiger charge is 2.15. The predicted octanol–water partition coefficient (Wildman–Crippen LogP) is 10.0. The van der Waals surface area contributed by atoms with Crippen LogP contribution in [0, 0.1) is 0 Å². The highest BCUT2D eigenvalue weighted by Crippen LogP contribution is 2.43. The number of fused-ring (bicyclic) bond motifs is 5. The van der Waals surface area contributed by atoms with Crippen LogP contribution < -0.4 is 0 Å². The number of hydrogen-bond donors (Lipinski definition) is 0. The molecule has 0 bridgehead atoms. The number of benzene rings is 6. The van der Waals surface area contributed by atoms with Crippen LogP contribution in [0.15, 0.2) is 118 Å². The van der Waals surface area contributed by atoms with E-state index in [1.165, 1.54) is 54.6 Å². The van der Waals surface area contributed by atoms with Crippen molar-refractivity contribution in [3.63, 3.8) is 0 Å². The molecule has 0 aliphatic carbocycles. The molecule has 0 atom stereocenters. The summed E-state index contributed by atoms with van der Waals surface area (Å²) in [5, 5.41) is 7.63. The molecule has 0 amide bonds. The maximum absolute atomic E-state index is 3.78. The standard InChI is InChI=1S/C30H18Br2/c31-29-15-7-5-13-23(29)25-17-28-22-12-4-2-10-20(22)26(24-14-6-8-16-30(24)32)18-27(28)21-11-3-1-9-19(21)25/h1-18H. The van der Waals surface area contributed by atoms with Crippen LogP contribution in [-0.2, 0) is 0 Å². The van der Waals surface area contributed by atoms with Gasteiger partial charge in [0, 0.05) is 8.95 Å². The minimum absolute atomic E-state index is 1.11. The van der Waals surface area contributed by atoms with Crippen molar-refractivity contribution in [1.29, 1.82) is 0 Å². The molecule has 152 valence electrons. The second-order valence-electron chi connectivity index (χ2n) is 7.99. The lowest BCUT2D eigenvalue weighted by atomic mass is 9.88. The molecular formula is C30H18Br2. The van der Waals surface area contributed by atoms with Gasteiger partial charge in [-0.25, -0.2) is 0 Å². The monoisotopic (exact) mass is 536 g/mol. The third-order valence-electron chi connectivity index (χ3n) is 6.21. The van der Waals surface area contributed by atoms with Crippen LogP contribution >= 0.6 is 31.9 Å². The minimum atomic E-state index is 1.11. The van der Waals surface area contributed by atoms with Gasteiger partial charge in [-0.15, -0.1) is 0 Å². The van der Waals surface area contributed by atoms with E-state index in [4.69, 9.17) is 0 Å². The molecule has 0 unspecified atom stereocenters. The Morgan fingerprint density at radius 3 is 1.06 bits per heavy atom. The molecule has 0 heterocycles. The summed E-state index contributed by atoms with van der Waals surface area (Å²) in [4.78, 5) is 0. The minimum Gasteiger partial charge on any atom is -0.0616 e. The van der Waals surface area contributed by atoms with Crippen molar-refractivity contribution in [3.05, 3.63) is 118 Å². The largest absolute Gasteiger partial charge is 0.0616 e. The Morgan fingerprint density at radius 2 is 0.656 bits per heavy atom. The maximum Gasteiger partial charge on any atom is 0.0253 e. The predicted molar refractivity (Wildman–Crippen MR) is 145 cm³/mol. The van der Waals surface area contributed by atoms with Crippen LogP contribution in [0.2, 0.25) is 0 Å². The van der Waals surface area contributed by atoms with E-state index < -0.39 is 0 Å². The van der Waals surface area contributed by atoms with E-state index in [1.54, 1.807) is 0 Å². The molecule has 6 aromatic rings. The molecule has 0 aliphatic rings. The molecule has 0 aromatic heterocycles. The van der Waals surface area contributed by atoms with Crippen LogP contribution in [-0.4, -0.2) is 0 Å². The Hall–Kier alpha value is -2.94. The zero-order valence-corrected chi connectivity index (χ0v) is 20.3. The zero-order valence-electron chi connectivity index (χ0n) is 17.1. The molecular weight excluding hydrogens is 520 g/mol. The Kier molecular flexibility index (Phi) is 4.86. The van der Waals surface area contributed by atoms with E-state index in [2.05, 4.69) is 141 Å². The summed E-state index contributed by atoms with van der Waals surface area (Å²) < 4.78 is 2.22. The molecule has 6 rings (SSSR count). The lowest BCUT2D eigenvalue weighted by Crippen LogP contribution is -1.90. The van der Waals surface area contributed by atoms with Gasteiger partial charge in [-0.1, -0.05) is 117 Å². The van der Waals surface area contributed by atoms with Gasteiger partial charge in [-0.2, -0.15) is 0 Å². The molecule has 0 fully saturated rings. The first-order valence-corrected chi connectivity index (χ1v) is 12.2. The van der Waals surface area contributed by atoms with Gasteiger partial charge in [0.1, 0.15) is 0 Å². The number of halogens is 2. The van der Waals surface area contributed by atoms with E-state index in [0.717, 1.165) is 8.95 Å². The molecule has 0 saturated heterocycles. The molecule has 0 N–H and O–H groups in total. The van der Waals surface area contributed by atoms with Crippen molar-refractivity contribution < 1.29 is 0 Å². The van der Waals surface area contributed by atoms with E-state index >= 15 is 0 Å². The van der Waals surface area contributed by atoms with E-state index in [0.29, 0.717) is 0 Å². The van der Waals surface area contributed by atoms with Gasteiger partial charge < -0.3 is 0 Å². The Morgan fingerprint density at radius 1 is 0.312 bits per heavy atom. The SMILES string of the molecule is Brc1ccccc1-c1cc2c3ccccc3c(-c3ccccc3Br)cc2c2ccccc12. The number of hydrogen-bond acceptors (Lipinski definition) is 0. The molecule has 0 nitrogen and oxygen atoms in total. The summed E-state index contributed by atoms with van der Waals surface area (Å²) in [5.74, 6) is 0. The highest BCUT2D eigenvalue weighted by molar-refractivity contribution is 9.11. The molecule has 32 heavy (non-hydrogen) atoms. The zero-order chi connectivity index (χ0) is 21.7. The summed E-state index contributed by atoms with van der Waals surface area (Å²) in [5.41, 5.74) is 4.92. The summed E-state index contributed by atoms with van der Waals surface area (Å²) in [6, 6.07) is 39.2. The first-order valence-electron chi connectivity index (χ1n) is 10.6. The van der Waals surface area contributed by atoms with Crippen LogP contribution in [0.5, 0.6) is 0 Å². The molecule has 0 spiro atoms. The van der Waals surface area contributed by atoms with E-state index in [-0.39, 0.29) is 0 Å². The van der Waals surface area contributed by atoms with E-state index in [1.807, 2.05) is 0 Å². The van der Waals surface area contributed by atoms with Gasteiger partial charge in [-0.3, -0.25) is 0 Å². The summed E-state index contributed by atoms with van der Waals surface area (Å²) >= 11 is 7.55. The fraction of sp³-hybridized carbons (Fsp3) is 0. The first-order chi connectivity index (χ1) is 15.7. The van der Waals surface area contributed by atoms with Crippen LogP contribution in [0.1, 0.15) is 0 Å². The smallest absolute Gasteiger partial charge is 0.0253 e. The molecule has 0 radical (unpaired) electrons. The van der Waals surface area contributed by atoms with Crippen LogP contribution in [0.4, 0.5) is 0 Å². The average molecular weight is 538 g/mol. The summed E-state index contributed by atoms with van der Waals surface area (Å²) in [6.45, 7) is 0. The van der Waals surface area contributed by atoms with E-state index in [9.17, 15) is 0 Å². The second kappa shape index (κ2) is 7.88. The van der Waals surface area contributed by atoms with Crippen molar-refractivity contribution >= 4 is 64.2 Å². The van der Waals surface area contributed by atoms with Gasteiger partial charge in [0.2, 0.25) is 0 Å². The lowest BCUT2D eigenvalue weighted by Gasteiger charge is -2.17. The molecule has 2 heteroatoms. The van der Waals surface area contributed by atoms with Crippen LogP contribution in [0.25, 0.3) is 54.6 Å². The summed E-state index contributed by atoms with van der Waals surface area (Å²) in [6.07, 6.45) is 0. The molecule has 6 aromatic carbocycles. The second-order valence-corrected chi connectivity index (χ2v) is 9.70. The van der Waals surface area contributed by atoms with Gasteiger partial charge in [0.15, 0.2) is 0 Å². The van der Waals surface area contributed by atoms with Gasteiger partial charge in [-0.05, 0) is 78.8 Å². The first kappa shape index (κ1) is 19.7. The Bertz CT molecular complexity index is 1520. The van der Waals surface area contributed by atoms with Gasteiger partial charge >= 0.3 is 0 Å². The lowest BCUT2D eigenvalue weighted by molar-refractivity contribution is 1.61. The molecule has 0 aliphatic heterocycles. The number of rotatable bonds is 2. The quantitative estimate of drug-likeness (QED) is 0.193. The van der Waals surface area contributed by atoms with Crippen LogP contribution in [0.3, 0.4) is 0 Å². The maximum atomic E-state index is 3.78. The van der Waals surface area contributed by atoms with Gasteiger partial charge in [0.05, 0.1) is 0 Å². The van der Waals surface area contributed by atoms with Crippen molar-refractivity contribution in [2.75, 3.05) is 0 Å². The van der Waals surface area contributed by atoms with Gasteiger partial charge in [0.25, 0.3) is 0 Å². The third kappa shape index (κ3) is 3.09.